The smallest absolute Gasteiger partial charge is 1.00 e. The van der Waals surface area contributed by atoms with Crippen molar-refractivity contribution in [1.82, 2.24) is 0 Å². The molecular formula is C20H30Cl2Zr. The fourth-order valence-corrected chi connectivity index (χ4v) is 7.54. The van der Waals surface area contributed by atoms with Crippen LogP contribution in [0.2, 0.25) is 0 Å². The van der Waals surface area contributed by atoms with Crippen molar-refractivity contribution in [1.29, 1.82) is 0 Å². The summed E-state index contributed by atoms with van der Waals surface area (Å²) in [6, 6.07) is 0. The van der Waals surface area contributed by atoms with Crippen molar-refractivity contribution in [3.8, 4) is 0 Å². The molecule has 0 aromatic heterocycles. The summed E-state index contributed by atoms with van der Waals surface area (Å²) >= 11 is -0.516. The van der Waals surface area contributed by atoms with Gasteiger partial charge in [-0.3, -0.25) is 0 Å². The van der Waals surface area contributed by atoms with Crippen LogP contribution in [0.15, 0.2) is 41.0 Å². The molecule has 128 valence electrons. The first kappa shape index (κ1) is 23.4. The summed E-state index contributed by atoms with van der Waals surface area (Å²) in [5.74, 6) is 0. The van der Waals surface area contributed by atoms with Crippen LogP contribution in [0.25, 0.3) is 0 Å². The topological polar surface area (TPSA) is 0 Å². The van der Waals surface area contributed by atoms with Crippen LogP contribution in [0.5, 0.6) is 0 Å². The fraction of sp³-hybridized carbons (Fsp3) is 0.600. The van der Waals surface area contributed by atoms with E-state index in [0.717, 1.165) is 0 Å². The molecule has 3 heteroatoms. The van der Waals surface area contributed by atoms with E-state index in [0.29, 0.717) is 0 Å². The van der Waals surface area contributed by atoms with Gasteiger partial charge in [0.1, 0.15) is 0 Å². The molecule has 0 saturated carbocycles. The maximum Gasteiger partial charge on any atom is -1.00 e. The fourth-order valence-electron chi connectivity index (χ4n) is 3.32. The van der Waals surface area contributed by atoms with Gasteiger partial charge in [-0.2, -0.15) is 0 Å². The maximum atomic E-state index is 2.49. The van der Waals surface area contributed by atoms with Crippen molar-refractivity contribution in [3.05, 3.63) is 41.0 Å². The zero-order chi connectivity index (χ0) is 15.2. The number of rotatable bonds is 8. The van der Waals surface area contributed by atoms with Crippen molar-refractivity contribution >= 4 is 0 Å². The molecule has 0 amide bonds. The molecule has 0 atom stereocenters. The van der Waals surface area contributed by atoms with Crippen molar-refractivity contribution in [3.63, 3.8) is 0 Å². The van der Waals surface area contributed by atoms with Crippen LogP contribution in [0.3, 0.4) is 0 Å². The molecule has 2 rings (SSSR count). The van der Waals surface area contributed by atoms with Gasteiger partial charge in [0, 0.05) is 0 Å². The van der Waals surface area contributed by atoms with Crippen LogP contribution in [-0.4, -0.2) is 0 Å². The third-order valence-corrected chi connectivity index (χ3v) is 8.74. The summed E-state index contributed by atoms with van der Waals surface area (Å²) in [5.41, 5.74) is 6.71. The Labute approximate surface area is 167 Å². The molecule has 0 N–H and O–H groups in total. The molecule has 0 radical (unpaired) electrons. The van der Waals surface area contributed by atoms with Crippen LogP contribution in [0.4, 0.5) is 0 Å². The molecule has 0 spiro atoms. The minimum absolute atomic E-state index is 0. The van der Waals surface area contributed by atoms with Gasteiger partial charge in [-0.1, -0.05) is 0 Å². The Morgan fingerprint density at radius 1 is 0.783 bits per heavy atom. The van der Waals surface area contributed by atoms with Crippen molar-refractivity contribution < 1.29 is 48.0 Å². The predicted molar refractivity (Wildman–Crippen MR) is 89.9 cm³/mol. The summed E-state index contributed by atoms with van der Waals surface area (Å²) in [7, 11) is 0. The van der Waals surface area contributed by atoms with Crippen LogP contribution in [-0.2, 0) is 23.2 Å². The summed E-state index contributed by atoms with van der Waals surface area (Å²) in [4.78, 5) is 0. The Kier molecular flexibility index (Phi) is 12.1. The predicted octanol–water partition coefficient (Wildman–Crippen LogP) is 0.666. The molecule has 0 unspecified atom stereocenters. The van der Waals surface area contributed by atoms with Crippen LogP contribution >= 0.6 is 0 Å². The second-order valence-electron chi connectivity index (χ2n) is 6.43. The molecule has 2 aliphatic rings. The Bertz CT molecular complexity index is 464. The summed E-state index contributed by atoms with van der Waals surface area (Å²) in [6.45, 7) is 9.29. The van der Waals surface area contributed by atoms with E-state index >= 15 is 0 Å². The minimum Gasteiger partial charge on any atom is -1.00 e. The second-order valence-corrected chi connectivity index (χ2v) is 10.0. The van der Waals surface area contributed by atoms with Crippen molar-refractivity contribution in [2.45, 2.75) is 79.1 Å². The van der Waals surface area contributed by atoms with Gasteiger partial charge in [0.2, 0.25) is 0 Å². The van der Waals surface area contributed by atoms with Gasteiger partial charge < -0.3 is 24.8 Å². The van der Waals surface area contributed by atoms with Crippen molar-refractivity contribution in [2.24, 2.45) is 0 Å². The van der Waals surface area contributed by atoms with Crippen LogP contribution < -0.4 is 24.8 Å². The molecule has 2 aliphatic carbocycles. The molecule has 0 aliphatic heterocycles. The standard InChI is InChI=1S/2C10H15.2ClH.Zr/c2*1-3-4-7-10-8-5-6-9(10)2;;;/h2*6H,3-5,7H2,1-2H3;2*1H;/q;;;;+2/p-2. The van der Waals surface area contributed by atoms with Crippen LogP contribution in [0.1, 0.15) is 79.1 Å². The zero-order valence-electron chi connectivity index (χ0n) is 15.1. The molecule has 0 bridgehead atoms. The third kappa shape index (κ3) is 6.34. The number of allylic oxidation sites excluding steroid dienone is 8. The first-order chi connectivity index (χ1) is 10.2. The van der Waals surface area contributed by atoms with Crippen molar-refractivity contribution in [2.75, 3.05) is 0 Å². The summed E-state index contributed by atoms with van der Waals surface area (Å²) in [6.07, 6.45) is 15.6. The Morgan fingerprint density at radius 3 is 1.52 bits per heavy atom. The van der Waals surface area contributed by atoms with E-state index in [9.17, 15) is 0 Å². The average molecular weight is 433 g/mol. The van der Waals surface area contributed by atoms with E-state index in [1.165, 1.54) is 51.4 Å². The number of halogens is 2. The van der Waals surface area contributed by atoms with E-state index in [1.807, 2.05) is 6.56 Å². The monoisotopic (exact) mass is 430 g/mol. The number of unbranched alkanes of at least 4 members (excludes halogenated alkanes) is 2. The van der Waals surface area contributed by atoms with Gasteiger partial charge >= 0.3 is 143 Å². The maximum absolute atomic E-state index is 2.49. The van der Waals surface area contributed by atoms with E-state index in [2.05, 4.69) is 39.8 Å². The minimum atomic E-state index is -0.516. The Morgan fingerprint density at radius 2 is 1.17 bits per heavy atom. The Hall–Kier alpha value is 0.423. The van der Waals surface area contributed by atoms with E-state index in [4.69, 9.17) is 0 Å². The third-order valence-electron chi connectivity index (χ3n) is 4.77. The molecule has 0 fully saturated rings. The SMILES string of the molecule is CCCCC1=[C]([Zr+2][C]2=C(CCCC)C(C)=CC2)CC=C1C.[Cl-].[Cl-]. The van der Waals surface area contributed by atoms with E-state index in [1.54, 1.807) is 22.3 Å². The Balaban J connectivity index is 0.00000242. The van der Waals surface area contributed by atoms with Gasteiger partial charge in [-0.15, -0.1) is 0 Å². The zero-order valence-corrected chi connectivity index (χ0v) is 19.0. The quantitative estimate of drug-likeness (QED) is 0.529. The van der Waals surface area contributed by atoms with Gasteiger partial charge in [0.15, 0.2) is 0 Å². The number of hydrogen-bond donors (Lipinski definition) is 0. The van der Waals surface area contributed by atoms with Gasteiger partial charge in [-0.25, -0.2) is 0 Å². The molecule has 0 aromatic rings. The van der Waals surface area contributed by atoms with Gasteiger partial charge in [-0.05, 0) is 0 Å². The molecule has 0 nitrogen and oxygen atoms in total. The van der Waals surface area contributed by atoms with E-state index in [-0.39, 0.29) is 24.8 Å². The summed E-state index contributed by atoms with van der Waals surface area (Å²) < 4.78 is 3.77. The normalized spacial score (nSPS) is 16.7. The van der Waals surface area contributed by atoms with Gasteiger partial charge in [0.25, 0.3) is 0 Å². The molecule has 0 saturated heterocycles. The first-order valence-electron chi connectivity index (χ1n) is 8.72. The molecule has 0 heterocycles. The van der Waals surface area contributed by atoms with Gasteiger partial charge in [0.05, 0.1) is 0 Å². The largest absolute Gasteiger partial charge is 1.00 e. The average Bonchev–Trinajstić information content (AvgIpc) is 2.99. The van der Waals surface area contributed by atoms with Crippen LogP contribution in [0, 0.1) is 0 Å². The summed E-state index contributed by atoms with van der Waals surface area (Å²) in [5, 5.41) is 0. The second kappa shape index (κ2) is 11.9. The number of hydrogen-bond acceptors (Lipinski definition) is 0. The van der Waals surface area contributed by atoms with E-state index < -0.39 is 23.2 Å². The molecule has 0 aromatic carbocycles. The first-order valence-corrected chi connectivity index (χ1v) is 11.2. The molecular weight excluding hydrogens is 402 g/mol. The molecule has 23 heavy (non-hydrogen) atoms.